The van der Waals surface area contributed by atoms with Crippen LogP contribution in [0, 0.1) is 5.92 Å². The molecule has 11 heteroatoms. The van der Waals surface area contributed by atoms with Gasteiger partial charge in [0.15, 0.2) is 35.1 Å². The first kappa shape index (κ1) is 27.1. The molecule has 1 fully saturated rings. The van der Waals surface area contributed by atoms with Gasteiger partial charge in [-0.2, -0.15) is 0 Å². The number of benzene rings is 3. The summed E-state index contributed by atoms with van der Waals surface area (Å²) in [7, 11) is 7.39. The number of nitrogens with zero attached hydrogens (tertiary/aromatic N) is 1. The Balaban J connectivity index is 1.55. The molecule has 220 valence electrons. The minimum Gasteiger partial charge on any atom is -0.497 e. The number of furan rings is 2. The van der Waals surface area contributed by atoms with Crippen molar-refractivity contribution >= 4 is 17.1 Å². The van der Waals surface area contributed by atoms with Crippen molar-refractivity contribution in [3.05, 3.63) is 82.4 Å². The van der Waals surface area contributed by atoms with Crippen molar-refractivity contribution in [1.82, 2.24) is 5.06 Å². The van der Waals surface area contributed by atoms with E-state index in [2.05, 4.69) is 0 Å². The Bertz CT molecular complexity index is 1640. The average Bonchev–Trinajstić information content (AvgIpc) is 3.79. The van der Waals surface area contributed by atoms with Crippen molar-refractivity contribution in [1.29, 1.82) is 0 Å². The van der Waals surface area contributed by atoms with Crippen LogP contribution in [0.1, 0.15) is 46.3 Å². The lowest BCUT2D eigenvalue weighted by Crippen LogP contribution is -2.52. The number of carbonyl (C=O) groups excluding carboxylic acids is 1. The molecule has 2 aromatic heterocycles. The maximum atomic E-state index is 14.0. The molecule has 1 saturated carbocycles. The maximum Gasteiger partial charge on any atom is 0.252 e. The van der Waals surface area contributed by atoms with E-state index in [4.69, 9.17) is 32.9 Å². The Labute approximate surface area is 241 Å². The van der Waals surface area contributed by atoms with Gasteiger partial charge in [0.1, 0.15) is 17.4 Å². The highest BCUT2D eigenvalue weighted by molar-refractivity contribution is 5.90. The number of aliphatic hydroxyl groups excluding tert-OH is 1. The van der Waals surface area contributed by atoms with E-state index in [1.807, 2.05) is 30.3 Å². The van der Waals surface area contributed by atoms with Crippen LogP contribution in [0.5, 0.6) is 11.5 Å². The van der Waals surface area contributed by atoms with Crippen molar-refractivity contribution in [2.45, 2.75) is 35.8 Å². The lowest BCUT2D eigenvalue weighted by atomic mass is 9.70. The van der Waals surface area contributed by atoms with Gasteiger partial charge in [-0.15, -0.1) is 0 Å². The molecule has 2 aromatic carbocycles. The predicted octanol–water partition coefficient (Wildman–Crippen LogP) is 3.47. The molecule has 7 atom stereocenters. The van der Waals surface area contributed by atoms with E-state index in [1.54, 1.807) is 31.4 Å². The molecule has 0 spiro atoms. The lowest BCUT2D eigenvalue weighted by molar-refractivity contribution is -0.217. The molecule has 11 nitrogen and oxygen atoms in total. The Morgan fingerprint density at radius 2 is 1.57 bits per heavy atom. The third-order valence-corrected chi connectivity index (χ3v) is 9.11. The third-order valence-electron chi connectivity index (χ3n) is 9.11. The molecule has 3 aliphatic rings. The van der Waals surface area contributed by atoms with Crippen molar-refractivity contribution in [3.63, 3.8) is 0 Å². The molecule has 0 saturated heterocycles. The molecule has 0 radical (unpaired) electrons. The number of methoxy groups -OCH3 is 3. The molecule has 1 amide bonds. The fourth-order valence-corrected chi connectivity index (χ4v) is 7.30. The lowest BCUT2D eigenvalue weighted by Gasteiger charge is -2.41. The number of hydroxylamine groups is 2. The summed E-state index contributed by atoms with van der Waals surface area (Å²) in [5.74, 6) is -1.72. The molecule has 1 aliphatic carbocycles. The summed E-state index contributed by atoms with van der Waals surface area (Å²) in [6, 6.07) is 16.3. The summed E-state index contributed by atoms with van der Waals surface area (Å²) in [4.78, 5) is 19.2. The van der Waals surface area contributed by atoms with E-state index in [0.717, 1.165) is 5.06 Å². The highest BCUT2D eigenvalue weighted by Crippen LogP contribution is 2.72. The van der Waals surface area contributed by atoms with Gasteiger partial charge in [0.25, 0.3) is 5.91 Å². The summed E-state index contributed by atoms with van der Waals surface area (Å²) >= 11 is 0. The summed E-state index contributed by atoms with van der Waals surface area (Å²) in [5, 5.41) is 26.4. The number of hydrogen-bond donors (Lipinski definition) is 2. The average molecular weight is 578 g/mol. The van der Waals surface area contributed by atoms with E-state index < -0.39 is 47.6 Å². The van der Waals surface area contributed by atoms with Gasteiger partial charge in [0.2, 0.25) is 0 Å². The van der Waals surface area contributed by atoms with Gasteiger partial charge in [-0.05, 0) is 23.3 Å². The number of hydrogen-bond acceptors (Lipinski definition) is 10. The van der Waals surface area contributed by atoms with Crippen LogP contribution in [-0.4, -0.2) is 62.8 Å². The summed E-state index contributed by atoms with van der Waals surface area (Å²) in [5.41, 5.74) is -0.644. The van der Waals surface area contributed by atoms with Crippen LogP contribution < -0.4 is 9.47 Å². The molecule has 2 bridgehead atoms. The smallest absolute Gasteiger partial charge is 0.252 e. The van der Waals surface area contributed by atoms with Crippen molar-refractivity contribution < 1.29 is 47.9 Å². The van der Waals surface area contributed by atoms with Crippen LogP contribution in [0.25, 0.3) is 11.2 Å². The minimum absolute atomic E-state index is 0.235. The van der Waals surface area contributed by atoms with Crippen LogP contribution >= 0.6 is 0 Å². The Hall–Kier alpha value is -3.71. The minimum atomic E-state index is -2.16. The van der Waals surface area contributed by atoms with Gasteiger partial charge in [0, 0.05) is 27.2 Å². The Morgan fingerprint density at radius 3 is 2.17 bits per heavy atom. The fraction of sp³-hybridized carbons (Fsp3) is 0.387. The zero-order valence-electron chi connectivity index (χ0n) is 23.7. The van der Waals surface area contributed by atoms with Gasteiger partial charge in [0.05, 0.1) is 36.8 Å². The highest BCUT2D eigenvalue weighted by atomic mass is 16.8. The second kappa shape index (κ2) is 9.40. The van der Waals surface area contributed by atoms with Gasteiger partial charge >= 0.3 is 0 Å². The maximum absolute atomic E-state index is 14.0. The molecule has 42 heavy (non-hydrogen) atoms. The SMILES string of the molecule is COc1ccc([C@@]23Oc4c(c5oc4c4c5C(OC)OC4OC)[C@]2(O)[C@H](O)[C@H](C(=O)N(C)OC)[C@H]3c2ccccc2)cc1. The topological polar surface area (TPSA) is 129 Å². The van der Waals surface area contributed by atoms with Gasteiger partial charge < -0.3 is 38.3 Å². The second-order valence-corrected chi connectivity index (χ2v) is 10.8. The van der Waals surface area contributed by atoms with Crippen LogP contribution in [0.3, 0.4) is 0 Å². The number of ether oxygens (including phenoxy) is 5. The molecule has 7 rings (SSSR count). The van der Waals surface area contributed by atoms with Gasteiger partial charge in [-0.25, -0.2) is 5.06 Å². The Kier molecular flexibility index (Phi) is 6.07. The number of aliphatic hydroxyl groups is 2. The molecule has 4 aromatic rings. The van der Waals surface area contributed by atoms with Crippen molar-refractivity contribution in [2.24, 2.45) is 5.92 Å². The monoisotopic (exact) mass is 577 g/mol. The molecular formula is C31H31NO10. The summed E-state index contributed by atoms with van der Waals surface area (Å²) in [6.45, 7) is 0. The number of rotatable bonds is 7. The third kappa shape index (κ3) is 3.12. The van der Waals surface area contributed by atoms with Gasteiger partial charge in [-0.3, -0.25) is 9.63 Å². The summed E-state index contributed by atoms with van der Waals surface area (Å²) in [6.07, 6.45) is -3.28. The second-order valence-electron chi connectivity index (χ2n) is 10.8. The molecule has 2 unspecified atom stereocenters. The first-order valence-electron chi connectivity index (χ1n) is 13.5. The van der Waals surface area contributed by atoms with E-state index in [-0.39, 0.29) is 16.9 Å². The molecule has 2 aliphatic heterocycles. The summed E-state index contributed by atoms with van der Waals surface area (Å²) < 4.78 is 35.6. The van der Waals surface area contributed by atoms with Crippen LogP contribution in [-0.2, 0) is 35.0 Å². The van der Waals surface area contributed by atoms with Gasteiger partial charge in [-0.1, -0.05) is 42.5 Å². The van der Waals surface area contributed by atoms with Crippen LogP contribution in [0.15, 0.2) is 59.0 Å². The number of carbonyl (C=O) groups is 1. The van der Waals surface area contributed by atoms with E-state index in [0.29, 0.717) is 33.6 Å². The van der Waals surface area contributed by atoms with Crippen LogP contribution in [0.2, 0.25) is 0 Å². The van der Waals surface area contributed by atoms with E-state index in [1.165, 1.54) is 28.4 Å². The fourth-order valence-electron chi connectivity index (χ4n) is 7.30. The Morgan fingerprint density at radius 1 is 0.929 bits per heavy atom. The van der Waals surface area contributed by atoms with E-state index >= 15 is 0 Å². The molecule has 2 N–H and O–H groups in total. The zero-order chi connectivity index (χ0) is 29.6. The van der Waals surface area contributed by atoms with Crippen LogP contribution in [0.4, 0.5) is 0 Å². The quantitative estimate of drug-likeness (QED) is 0.315. The molecular weight excluding hydrogens is 546 g/mol. The highest BCUT2D eigenvalue weighted by Gasteiger charge is 2.79. The normalized spacial score (nSPS) is 31.2. The standard InChI is InChI=1S/C31H31NO10/c1-32(39-5)27(34)20-21(15-9-7-6-8-10-15)31(16-11-13-17(36-2)14-12-16)30(35,26(20)33)22-23-18-19(24(40-23)25(22)42-31)29(38-4)41-28(18)37-3/h6-14,20-21,26,28-29,33,35H,1-5H3/t20-,21-,26-,28?,29?,30+,31+/m1/s1. The first-order valence-corrected chi connectivity index (χ1v) is 13.5. The largest absolute Gasteiger partial charge is 0.497 e. The van der Waals surface area contributed by atoms with Crippen molar-refractivity contribution in [2.75, 3.05) is 35.5 Å². The first-order chi connectivity index (χ1) is 20.3. The molecule has 4 heterocycles. The number of fused-ring (bicyclic) bond motifs is 10. The predicted molar refractivity (Wildman–Crippen MR) is 146 cm³/mol. The van der Waals surface area contributed by atoms with E-state index in [9.17, 15) is 15.0 Å². The zero-order valence-corrected chi connectivity index (χ0v) is 23.7. The number of amides is 1. The van der Waals surface area contributed by atoms with Crippen molar-refractivity contribution in [3.8, 4) is 11.5 Å².